The number of amides is 2. The molecule has 0 spiro atoms. The Morgan fingerprint density at radius 1 is 0.773 bits per heavy atom. The molecule has 0 aliphatic heterocycles. The van der Waals surface area contributed by atoms with Gasteiger partial charge in [-0.15, -0.1) is 0 Å². The van der Waals surface area contributed by atoms with E-state index in [9.17, 15) is 9.59 Å². The van der Waals surface area contributed by atoms with E-state index in [1.807, 2.05) is 24.3 Å². The number of carbonyl (C=O) groups excluding carboxylic acids is 2. The van der Waals surface area contributed by atoms with Crippen molar-refractivity contribution in [1.29, 1.82) is 0 Å². The molecule has 6 nitrogen and oxygen atoms in total. The van der Waals surface area contributed by atoms with Gasteiger partial charge < -0.3 is 22.1 Å². The summed E-state index contributed by atoms with van der Waals surface area (Å²) in [5, 5.41) is 5.70. The third-order valence-corrected chi connectivity index (χ3v) is 3.22. The fourth-order valence-corrected chi connectivity index (χ4v) is 1.88. The predicted octanol–water partition coefficient (Wildman–Crippen LogP) is 0.397. The molecule has 0 aliphatic carbocycles. The Kier molecular flexibility index (Phi) is 8.86. The Hall–Kier alpha value is -1.92. The molecule has 0 atom stereocenters. The molecule has 2 amide bonds. The van der Waals surface area contributed by atoms with Gasteiger partial charge in [-0.1, -0.05) is 24.3 Å². The van der Waals surface area contributed by atoms with Gasteiger partial charge in [-0.2, -0.15) is 0 Å². The van der Waals surface area contributed by atoms with Crippen LogP contribution in [0.1, 0.15) is 36.8 Å². The van der Waals surface area contributed by atoms with Crippen molar-refractivity contribution in [3.63, 3.8) is 0 Å². The van der Waals surface area contributed by atoms with E-state index in [2.05, 4.69) is 10.6 Å². The summed E-state index contributed by atoms with van der Waals surface area (Å²) in [5.41, 5.74) is 12.8. The van der Waals surface area contributed by atoms with Crippen LogP contribution in [-0.2, 0) is 22.7 Å². The first kappa shape index (κ1) is 18.1. The second-order valence-corrected chi connectivity index (χ2v) is 5.15. The molecule has 0 fully saturated rings. The topological polar surface area (TPSA) is 110 Å². The van der Waals surface area contributed by atoms with E-state index < -0.39 is 0 Å². The highest BCUT2D eigenvalue weighted by Crippen LogP contribution is 2.04. The number of benzene rings is 1. The Morgan fingerprint density at radius 2 is 1.14 bits per heavy atom. The molecule has 22 heavy (non-hydrogen) atoms. The molecule has 6 heteroatoms. The summed E-state index contributed by atoms with van der Waals surface area (Å²) in [4.78, 5) is 23.0. The zero-order chi connectivity index (χ0) is 16.2. The lowest BCUT2D eigenvalue weighted by atomic mass is 10.1. The van der Waals surface area contributed by atoms with Gasteiger partial charge in [0.2, 0.25) is 11.8 Å². The number of hydrogen-bond donors (Lipinski definition) is 4. The monoisotopic (exact) mass is 306 g/mol. The van der Waals surface area contributed by atoms with Gasteiger partial charge in [0.05, 0.1) is 0 Å². The van der Waals surface area contributed by atoms with E-state index >= 15 is 0 Å². The Balaban J connectivity index is 2.30. The highest BCUT2D eigenvalue weighted by atomic mass is 16.2. The SMILES string of the molecule is NCCCC(=O)NCc1ccc(CNC(=O)CCCN)cc1. The summed E-state index contributed by atoms with van der Waals surface area (Å²) >= 11 is 0. The highest BCUT2D eigenvalue weighted by Gasteiger charge is 2.02. The molecule has 0 radical (unpaired) electrons. The normalized spacial score (nSPS) is 10.3. The first-order valence-corrected chi connectivity index (χ1v) is 7.67. The van der Waals surface area contributed by atoms with Crippen LogP contribution >= 0.6 is 0 Å². The quantitative estimate of drug-likeness (QED) is 0.501. The lowest BCUT2D eigenvalue weighted by Gasteiger charge is -2.07. The van der Waals surface area contributed by atoms with Gasteiger partial charge in [-0.05, 0) is 37.1 Å². The molecule has 0 aliphatic rings. The van der Waals surface area contributed by atoms with E-state index in [4.69, 9.17) is 11.5 Å². The van der Waals surface area contributed by atoms with Crippen molar-refractivity contribution in [1.82, 2.24) is 10.6 Å². The maximum atomic E-state index is 11.5. The molecule has 0 bridgehead atoms. The van der Waals surface area contributed by atoms with Gasteiger partial charge in [0.1, 0.15) is 0 Å². The van der Waals surface area contributed by atoms with Crippen LogP contribution in [0.2, 0.25) is 0 Å². The molecule has 1 aromatic carbocycles. The number of rotatable bonds is 10. The van der Waals surface area contributed by atoms with Crippen LogP contribution < -0.4 is 22.1 Å². The summed E-state index contributed by atoms with van der Waals surface area (Å²) in [6, 6.07) is 7.80. The van der Waals surface area contributed by atoms with Crippen LogP contribution in [0.4, 0.5) is 0 Å². The molecule has 122 valence electrons. The van der Waals surface area contributed by atoms with Crippen molar-refractivity contribution in [3.8, 4) is 0 Å². The summed E-state index contributed by atoms with van der Waals surface area (Å²) in [6.45, 7) is 2.07. The van der Waals surface area contributed by atoms with Crippen molar-refractivity contribution in [2.45, 2.75) is 38.8 Å². The summed E-state index contributed by atoms with van der Waals surface area (Å²) < 4.78 is 0. The minimum atomic E-state index is 0.0155. The van der Waals surface area contributed by atoms with Crippen LogP contribution in [0.15, 0.2) is 24.3 Å². The van der Waals surface area contributed by atoms with Crippen molar-refractivity contribution in [3.05, 3.63) is 35.4 Å². The van der Waals surface area contributed by atoms with Crippen molar-refractivity contribution >= 4 is 11.8 Å². The zero-order valence-electron chi connectivity index (χ0n) is 12.9. The molecular formula is C16H26N4O2. The summed E-state index contributed by atoms with van der Waals surface area (Å²) in [5.74, 6) is 0.0309. The minimum Gasteiger partial charge on any atom is -0.352 e. The first-order valence-electron chi connectivity index (χ1n) is 7.67. The maximum Gasteiger partial charge on any atom is 0.220 e. The Morgan fingerprint density at radius 3 is 1.45 bits per heavy atom. The average molecular weight is 306 g/mol. The van der Waals surface area contributed by atoms with Gasteiger partial charge in [-0.3, -0.25) is 9.59 Å². The Bertz CT molecular complexity index is 417. The van der Waals surface area contributed by atoms with Crippen LogP contribution in [-0.4, -0.2) is 24.9 Å². The van der Waals surface area contributed by atoms with E-state index in [0.29, 0.717) is 51.9 Å². The van der Waals surface area contributed by atoms with Crippen molar-refractivity contribution < 1.29 is 9.59 Å². The second kappa shape index (κ2) is 10.8. The average Bonchev–Trinajstić information content (AvgIpc) is 2.55. The number of nitrogens with two attached hydrogens (primary N) is 2. The van der Waals surface area contributed by atoms with Crippen molar-refractivity contribution in [2.24, 2.45) is 11.5 Å². The van der Waals surface area contributed by atoms with Crippen LogP contribution in [0.3, 0.4) is 0 Å². The van der Waals surface area contributed by atoms with E-state index in [0.717, 1.165) is 11.1 Å². The Labute approximate surface area is 131 Å². The van der Waals surface area contributed by atoms with Crippen molar-refractivity contribution in [2.75, 3.05) is 13.1 Å². The summed E-state index contributed by atoms with van der Waals surface area (Å²) in [6.07, 6.45) is 2.33. The maximum absolute atomic E-state index is 11.5. The largest absolute Gasteiger partial charge is 0.352 e. The molecule has 1 aromatic rings. The predicted molar refractivity (Wildman–Crippen MR) is 86.7 cm³/mol. The van der Waals surface area contributed by atoms with Gasteiger partial charge in [0.25, 0.3) is 0 Å². The third-order valence-electron chi connectivity index (χ3n) is 3.22. The second-order valence-electron chi connectivity index (χ2n) is 5.15. The zero-order valence-corrected chi connectivity index (χ0v) is 12.9. The molecule has 0 saturated carbocycles. The lowest BCUT2D eigenvalue weighted by molar-refractivity contribution is -0.122. The van der Waals surface area contributed by atoms with Crippen LogP contribution in [0.25, 0.3) is 0 Å². The molecular weight excluding hydrogens is 280 g/mol. The van der Waals surface area contributed by atoms with Crippen LogP contribution in [0.5, 0.6) is 0 Å². The van der Waals surface area contributed by atoms with Gasteiger partial charge in [0.15, 0.2) is 0 Å². The number of hydrogen-bond acceptors (Lipinski definition) is 4. The van der Waals surface area contributed by atoms with Gasteiger partial charge in [-0.25, -0.2) is 0 Å². The molecule has 0 heterocycles. The van der Waals surface area contributed by atoms with Gasteiger partial charge in [0, 0.05) is 25.9 Å². The van der Waals surface area contributed by atoms with E-state index in [1.54, 1.807) is 0 Å². The van der Waals surface area contributed by atoms with Gasteiger partial charge >= 0.3 is 0 Å². The minimum absolute atomic E-state index is 0.0155. The smallest absolute Gasteiger partial charge is 0.220 e. The highest BCUT2D eigenvalue weighted by molar-refractivity contribution is 5.76. The van der Waals surface area contributed by atoms with Crippen LogP contribution in [0, 0.1) is 0 Å². The standard InChI is InChI=1S/C16H26N4O2/c17-9-1-3-15(21)19-11-13-5-7-14(8-6-13)12-20-16(22)4-2-10-18/h5-8H,1-4,9-12,17-18H2,(H,19,21)(H,20,22). The molecule has 0 aromatic heterocycles. The van der Waals surface area contributed by atoms with E-state index in [-0.39, 0.29) is 11.8 Å². The lowest BCUT2D eigenvalue weighted by Crippen LogP contribution is -2.24. The third kappa shape index (κ3) is 7.75. The molecule has 6 N–H and O–H groups in total. The fourth-order valence-electron chi connectivity index (χ4n) is 1.88. The summed E-state index contributed by atoms with van der Waals surface area (Å²) in [7, 11) is 0. The molecule has 0 unspecified atom stereocenters. The number of nitrogens with one attached hydrogen (secondary N) is 2. The first-order chi connectivity index (χ1) is 10.7. The van der Waals surface area contributed by atoms with E-state index in [1.165, 1.54) is 0 Å². The number of carbonyl (C=O) groups is 2. The fraction of sp³-hybridized carbons (Fsp3) is 0.500. The molecule has 1 rings (SSSR count). The molecule has 0 saturated heterocycles.